The van der Waals surface area contributed by atoms with Gasteiger partial charge in [-0.05, 0) is 64.7 Å². The molecule has 0 aromatic carbocycles. The largest absolute Gasteiger partial charge is 0.379 e. The standard InChI is InChI=1S/C27H44N4O6S/c1-4-20(2)30-24(17-33)7-5-6-12-28-25(35)18-38-21(3)15-26(36)31(19-34)16-22-8-10-23(11-9-22)27(37)29-13-14-32/h4,14,17,19,21-24,30H,5-13,15-16,18H2,1-3H3,(H,28,35)(H,29,37). The summed E-state index contributed by atoms with van der Waals surface area (Å²) in [4.78, 5) is 71.2. The van der Waals surface area contributed by atoms with Crippen LogP contribution in [0.1, 0.15) is 72.1 Å². The fraction of sp³-hybridized carbons (Fsp3) is 0.704. The minimum atomic E-state index is -0.266. The van der Waals surface area contributed by atoms with E-state index >= 15 is 0 Å². The Balaban J connectivity index is 2.26. The normalized spacial score (nSPS) is 19.0. The van der Waals surface area contributed by atoms with E-state index in [1.54, 1.807) is 0 Å². The van der Waals surface area contributed by atoms with Crippen molar-refractivity contribution in [1.29, 1.82) is 0 Å². The molecule has 1 aliphatic rings. The smallest absolute Gasteiger partial charge is 0.230 e. The van der Waals surface area contributed by atoms with Crippen LogP contribution in [0.5, 0.6) is 0 Å². The molecule has 2 atom stereocenters. The summed E-state index contributed by atoms with van der Waals surface area (Å²) >= 11 is 1.37. The molecule has 38 heavy (non-hydrogen) atoms. The van der Waals surface area contributed by atoms with E-state index in [2.05, 4.69) is 16.0 Å². The van der Waals surface area contributed by atoms with Crippen LogP contribution in [-0.2, 0) is 28.8 Å². The summed E-state index contributed by atoms with van der Waals surface area (Å²) in [6.45, 7) is 6.56. The number of unbranched alkanes of at least 4 members (excludes halogenated alkanes) is 1. The molecule has 0 saturated heterocycles. The molecule has 0 radical (unpaired) electrons. The molecule has 1 rings (SSSR count). The highest BCUT2D eigenvalue weighted by Crippen LogP contribution is 2.29. The van der Waals surface area contributed by atoms with Crippen molar-refractivity contribution < 1.29 is 28.8 Å². The number of carbonyl (C=O) groups excluding carboxylic acids is 6. The molecule has 3 N–H and O–H groups in total. The summed E-state index contributed by atoms with van der Waals surface area (Å²) < 4.78 is 0. The van der Waals surface area contributed by atoms with Gasteiger partial charge in [0.1, 0.15) is 12.6 Å². The maximum Gasteiger partial charge on any atom is 0.230 e. The molecule has 0 aromatic rings. The van der Waals surface area contributed by atoms with Crippen molar-refractivity contribution >= 4 is 48.5 Å². The Morgan fingerprint density at radius 1 is 1.05 bits per heavy atom. The third-order valence-electron chi connectivity index (χ3n) is 6.72. The highest BCUT2D eigenvalue weighted by atomic mass is 32.2. The van der Waals surface area contributed by atoms with Crippen LogP contribution in [0.3, 0.4) is 0 Å². The molecule has 214 valence electrons. The van der Waals surface area contributed by atoms with Crippen LogP contribution < -0.4 is 16.0 Å². The Hall–Kier alpha value is -2.69. The first-order valence-corrected chi connectivity index (χ1v) is 14.5. The quantitative estimate of drug-likeness (QED) is 0.163. The van der Waals surface area contributed by atoms with Crippen molar-refractivity contribution in [2.75, 3.05) is 25.4 Å². The van der Waals surface area contributed by atoms with Gasteiger partial charge < -0.3 is 25.5 Å². The number of nitrogens with one attached hydrogen (secondary N) is 3. The van der Waals surface area contributed by atoms with Crippen LogP contribution in [-0.4, -0.2) is 78.3 Å². The van der Waals surface area contributed by atoms with Gasteiger partial charge in [-0.25, -0.2) is 0 Å². The van der Waals surface area contributed by atoms with Crippen molar-refractivity contribution in [1.82, 2.24) is 20.9 Å². The minimum Gasteiger partial charge on any atom is -0.379 e. The van der Waals surface area contributed by atoms with E-state index in [0.717, 1.165) is 37.7 Å². The van der Waals surface area contributed by atoms with Crippen LogP contribution in [0.4, 0.5) is 0 Å². The van der Waals surface area contributed by atoms with Gasteiger partial charge in [-0.1, -0.05) is 13.0 Å². The fourth-order valence-electron chi connectivity index (χ4n) is 4.33. The van der Waals surface area contributed by atoms with E-state index in [1.807, 2.05) is 26.8 Å². The number of allylic oxidation sites excluding steroid dienone is 2. The van der Waals surface area contributed by atoms with Crippen molar-refractivity contribution in [3.05, 3.63) is 11.8 Å². The SMILES string of the molecule is CC=C(C)NC(C=O)CCCCNC(=O)CSC(C)CC(=O)N(C=O)CC1CCC(C(=O)NCC=O)CC1. The van der Waals surface area contributed by atoms with E-state index in [9.17, 15) is 28.8 Å². The number of carbonyl (C=O) groups is 6. The second-order valence-electron chi connectivity index (χ2n) is 9.81. The van der Waals surface area contributed by atoms with Gasteiger partial charge in [-0.15, -0.1) is 11.8 Å². The average Bonchev–Trinajstić information content (AvgIpc) is 2.92. The first kappa shape index (κ1) is 33.3. The number of hydrogen-bond donors (Lipinski definition) is 3. The maximum absolute atomic E-state index is 12.7. The summed E-state index contributed by atoms with van der Waals surface area (Å²) in [6.07, 6.45) is 9.29. The molecular formula is C27H44N4O6S. The second kappa shape index (κ2) is 19.4. The van der Waals surface area contributed by atoms with Crippen LogP contribution in [0.2, 0.25) is 0 Å². The average molecular weight is 553 g/mol. The highest BCUT2D eigenvalue weighted by molar-refractivity contribution is 8.00. The van der Waals surface area contributed by atoms with Crippen molar-refractivity contribution in [3.8, 4) is 0 Å². The molecule has 0 aliphatic heterocycles. The molecule has 0 heterocycles. The second-order valence-corrected chi connectivity index (χ2v) is 11.2. The molecule has 4 amide bonds. The number of imide groups is 1. The number of hydrogen-bond acceptors (Lipinski definition) is 8. The Morgan fingerprint density at radius 2 is 1.76 bits per heavy atom. The first-order valence-electron chi connectivity index (χ1n) is 13.4. The van der Waals surface area contributed by atoms with Gasteiger partial charge in [-0.3, -0.25) is 24.1 Å². The maximum atomic E-state index is 12.7. The summed E-state index contributed by atoms with van der Waals surface area (Å²) in [5.74, 6) is -0.245. The molecule has 10 nitrogen and oxygen atoms in total. The topological polar surface area (TPSA) is 142 Å². The molecule has 1 aliphatic carbocycles. The van der Waals surface area contributed by atoms with Crippen LogP contribution in [0, 0.1) is 11.8 Å². The van der Waals surface area contributed by atoms with Gasteiger partial charge in [0.25, 0.3) is 0 Å². The summed E-state index contributed by atoms with van der Waals surface area (Å²) in [7, 11) is 0. The summed E-state index contributed by atoms with van der Waals surface area (Å²) in [5, 5.41) is 8.47. The Labute approximate surface area is 230 Å². The lowest BCUT2D eigenvalue weighted by Gasteiger charge is -2.30. The number of rotatable bonds is 19. The van der Waals surface area contributed by atoms with Gasteiger partial charge in [0.2, 0.25) is 24.1 Å². The van der Waals surface area contributed by atoms with Crippen molar-refractivity contribution in [3.63, 3.8) is 0 Å². The van der Waals surface area contributed by atoms with Crippen LogP contribution in [0.25, 0.3) is 0 Å². The monoisotopic (exact) mass is 552 g/mol. The lowest BCUT2D eigenvalue weighted by atomic mass is 9.81. The van der Waals surface area contributed by atoms with Gasteiger partial charge in [0.15, 0.2) is 0 Å². The zero-order valence-corrected chi connectivity index (χ0v) is 23.7. The first-order chi connectivity index (χ1) is 18.2. The van der Waals surface area contributed by atoms with E-state index in [0.29, 0.717) is 45.0 Å². The predicted molar refractivity (Wildman–Crippen MR) is 148 cm³/mol. The zero-order valence-electron chi connectivity index (χ0n) is 22.9. The molecule has 1 saturated carbocycles. The van der Waals surface area contributed by atoms with Gasteiger partial charge in [0, 0.05) is 36.4 Å². The van der Waals surface area contributed by atoms with E-state index in [-0.39, 0.29) is 59.6 Å². The molecule has 0 aromatic heterocycles. The van der Waals surface area contributed by atoms with Crippen molar-refractivity contribution in [2.24, 2.45) is 11.8 Å². The molecule has 1 fully saturated rings. The highest BCUT2D eigenvalue weighted by Gasteiger charge is 2.28. The summed E-state index contributed by atoms with van der Waals surface area (Å²) in [5.41, 5.74) is 0.956. The Kier molecular flexibility index (Phi) is 17.0. The van der Waals surface area contributed by atoms with Crippen LogP contribution in [0.15, 0.2) is 11.8 Å². The molecule has 11 heteroatoms. The number of aldehydes is 2. The molecule has 0 bridgehead atoms. The van der Waals surface area contributed by atoms with Crippen LogP contribution >= 0.6 is 11.8 Å². The Morgan fingerprint density at radius 3 is 2.37 bits per heavy atom. The number of thioether (sulfide) groups is 1. The van der Waals surface area contributed by atoms with Gasteiger partial charge in [0.05, 0.1) is 18.3 Å². The predicted octanol–water partition coefficient (Wildman–Crippen LogP) is 1.97. The van der Waals surface area contributed by atoms with E-state index in [1.165, 1.54) is 16.7 Å². The summed E-state index contributed by atoms with van der Waals surface area (Å²) in [6, 6.07) is -0.225. The third-order valence-corrected chi connectivity index (χ3v) is 7.88. The Bertz CT molecular complexity index is 813. The molecule has 2 unspecified atom stereocenters. The van der Waals surface area contributed by atoms with Crippen molar-refractivity contribution in [2.45, 2.75) is 83.4 Å². The van der Waals surface area contributed by atoms with E-state index < -0.39 is 0 Å². The van der Waals surface area contributed by atoms with Gasteiger partial charge >= 0.3 is 0 Å². The number of nitrogens with zero attached hydrogens (tertiary/aromatic N) is 1. The zero-order chi connectivity index (χ0) is 28.3. The molecule has 0 spiro atoms. The van der Waals surface area contributed by atoms with Gasteiger partial charge in [-0.2, -0.15) is 0 Å². The van der Waals surface area contributed by atoms with E-state index in [4.69, 9.17) is 0 Å². The third kappa shape index (κ3) is 13.7. The minimum absolute atomic E-state index is 0.0158. The lowest BCUT2D eigenvalue weighted by molar-refractivity contribution is -0.139. The lowest BCUT2D eigenvalue weighted by Crippen LogP contribution is -2.39. The molecular weight excluding hydrogens is 508 g/mol. The number of amides is 4. The fourth-order valence-corrected chi connectivity index (χ4v) is 5.13.